The van der Waals surface area contributed by atoms with E-state index in [9.17, 15) is 4.79 Å². The van der Waals surface area contributed by atoms with E-state index in [4.69, 9.17) is 4.74 Å². The molecule has 2 fully saturated rings. The number of amides is 1. The van der Waals surface area contributed by atoms with Crippen molar-refractivity contribution in [2.24, 2.45) is 5.41 Å². The average Bonchev–Trinajstić information content (AvgIpc) is 2.90. The van der Waals surface area contributed by atoms with Crippen LogP contribution in [-0.4, -0.2) is 25.7 Å². The average molecular weight is 305 g/mol. The van der Waals surface area contributed by atoms with E-state index in [0.29, 0.717) is 6.54 Å². The van der Waals surface area contributed by atoms with Crippen molar-refractivity contribution in [3.63, 3.8) is 0 Å². The first-order valence-electron chi connectivity index (χ1n) is 7.43. The first kappa shape index (κ1) is 15.2. The zero-order valence-electron chi connectivity index (χ0n) is 13.1. The smallest absolute Gasteiger partial charge is 0.231 e. The fourth-order valence-corrected chi connectivity index (χ4v) is 3.24. The van der Waals surface area contributed by atoms with Gasteiger partial charge in [-0.1, -0.05) is 26.0 Å². The number of ether oxygens (including phenoxy) is 1. The van der Waals surface area contributed by atoms with E-state index in [1.807, 2.05) is 24.3 Å². The van der Waals surface area contributed by atoms with Gasteiger partial charge in [-0.15, -0.1) is 0 Å². The van der Waals surface area contributed by atoms with Gasteiger partial charge in [-0.3, -0.25) is 4.79 Å². The first-order chi connectivity index (χ1) is 10.5. The van der Waals surface area contributed by atoms with Crippen LogP contribution < -0.4 is 32.0 Å². The summed E-state index contributed by atoms with van der Waals surface area (Å²) in [4.78, 5) is 12.8. The van der Waals surface area contributed by atoms with Gasteiger partial charge in [0.15, 0.2) is 0 Å². The van der Waals surface area contributed by atoms with Crippen LogP contribution in [0.15, 0.2) is 24.3 Å². The number of methoxy groups -OCH3 is 1. The molecule has 1 atom stereocenters. The lowest BCUT2D eigenvalue weighted by atomic mass is 9.87. The van der Waals surface area contributed by atoms with Crippen molar-refractivity contribution >= 4 is 5.91 Å². The summed E-state index contributed by atoms with van der Waals surface area (Å²) < 4.78 is 5.20. The number of hydrogen-bond acceptors (Lipinski definition) is 6. The van der Waals surface area contributed by atoms with Crippen molar-refractivity contribution in [1.29, 1.82) is 0 Å². The Hall–Kier alpha value is -1.67. The molecule has 1 saturated heterocycles. The van der Waals surface area contributed by atoms with Gasteiger partial charge in [0.25, 0.3) is 0 Å². The Balaban J connectivity index is 1.74. The van der Waals surface area contributed by atoms with Gasteiger partial charge in [-0.25, -0.2) is 10.9 Å². The number of hydrazine groups is 3. The van der Waals surface area contributed by atoms with Crippen molar-refractivity contribution in [2.75, 3.05) is 13.7 Å². The number of nitrogens with one attached hydrogen (secondary N) is 5. The van der Waals surface area contributed by atoms with Crippen LogP contribution >= 0.6 is 0 Å². The van der Waals surface area contributed by atoms with Crippen LogP contribution in [0.1, 0.15) is 25.8 Å². The van der Waals surface area contributed by atoms with Gasteiger partial charge in [-0.05, 0) is 29.5 Å². The molecule has 1 aliphatic carbocycles. The van der Waals surface area contributed by atoms with Gasteiger partial charge < -0.3 is 10.1 Å². The highest BCUT2D eigenvalue weighted by Gasteiger charge is 2.67. The van der Waals surface area contributed by atoms with Crippen molar-refractivity contribution in [2.45, 2.75) is 31.8 Å². The van der Waals surface area contributed by atoms with E-state index >= 15 is 0 Å². The molecule has 7 nitrogen and oxygen atoms in total. The second-order valence-corrected chi connectivity index (χ2v) is 6.50. The standard InChI is InChI=1S/C15H23N5O2/c1-14(2)9-15(14,10-4-6-11(22-3)7-5-10)13(21)16-8-12-17-19-20-18-12/h4-7,12,17-20H,8-9H2,1-3H3,(H,16,21). The van der Waals surface area contributed by atoms with E-state index in [1.54, 1.807) is 7.11 Å². The summed E-state index contributed by atoms with van der Waals surface area (Å²) in [5.41, 5.74) is 11.9. The fourth-order valence-electron chi connectivity index (χ4n) is 3.24. The van der Waals surface area contributed by atoms with Gasteiger partial charge in [0.2, 0.25) is 5.91 Å². The lowest BCUT2D eigenvalue weighted by molar-refractivity contribution is -0.124. The Kier molecular flexibility index (Phi) is 3.82. The summed E-state index contributed by atoms with van der Waals surface area (Å²) in [6.07, 6.45) is 0.805. The third-order valence-corrected chi connectivity index (χ3v) is 4.73. The van der Waals surface area contributed by atoms with Gasteiger partial charge in [0.05, 0.1) is 12.5 Å². The quantitative estimate of drug-likeness (QED) is 0.523. The molecule has 1 amide bonds. The molecule has 1 heterocycles. The van der Waals surface area contributed by atoms with Crippen molar-refractivity contribution in [3.05, 3.63) is 29.8 Å². The normalized spacial score (nSPS) is 26.7. The zero-order valence-corrected chi connectivity index (χ0v) is 13.1. The minimum absolute atomic E-state index is 0.0428. The van der Waals surface area contributed by atoms with E-state index < -0.39 is 5.41 Å². The van der Waals surface area contributed by atoms with Crippen molar-refractivity contribution in [3.8, 4) is 5.75 Å². The maximum atomic E-state index is 12.8. The molecule has 3 rings (SSSR count). The van der Waals surface area contributed by atoms with Gasteiger partial charge in [0, 0.05) is 6.54 Å². The minimum atomic E-state index is -0.460. The molecule has 5 N–H and O–H groups in total. The maximum Gasteiger partial charge on any atom is 0.231 e. The zero-order chi connectivity index (χ0) is 15.8. The highest BCUT2D eigenvalue weighted by atomic mass is 16.5. The summed E-state index contributed by atoms with van der Waals surface area (Å²) >= 11 is 0. The molecule has 0 bridgehead atoms. The molecular weight excluding hydrogens is 282 g/mol. The summed E-state index contributed by atoms with van der Waals surface area (Å²) in [7, 11) is 1.64. The topological polar surface area (TPSA) is 86.5 Å². The molecule has 1 saturated carbocycles. The molecule has 0 spiro atoms. The second kappa shape index (κ2) is 5.51. The number of hydrogen-bond donors (Lipinski definition) is 5. The lowest BCUT2D eigenvalue weighted by Crippen LogP contribution is -2.48. The lowest BCUT2D eigenvalue weighted by Gasteiger charge is -2.22. The van der Waals surface area contributed by atoms with E-state index in [-0.39, 0.29) is 17.5 Å². The molecule has 1 unspecified atom stereocenters. The highest BCUT2D eigenvalue weighted by molar-refractivity contribution is 5.93. The predicted octanol–water partition coefficient (Wildman–Crippen LogP) is -0.0778. The van der Waals surface area contributed by atoms with Crippen LogP contribution in [0.25, 0.3) is 0 Å². The molecule has 2 aliphatic rings. The summed E-state index contributed by atoms with van der Waals surface area (Å²) in [5.74, 6) is 0.868. The predicted molar refractivity (Wildman–Crippen MR) is 82.4 cm³/mol. The van der Waals surface area contributed by atoms with Crippen LogP contribution in [-0.2, 0) is 10.2 Å². The Morgan fingerprint density at radius 2 is 1.86 bits per heavy atom. The van der Waals surface area contributed by atoms with Gasteiger partial charge in [0.1, 0.15) is 11.9 Å². The van der Waals surface area contributed by atoms with Crippen molar-refractivity contribution < 1.29 is 9.53 Å². The van der Waals surface area contributed by atoms with E-state index in [0.717, 1.165) is 17.7 Å². The minimum Gasteiger partial charge on any atom is -0.497 e. The molecule has 7 heteroatoms. The second-order valence-electron chi connectivity index (χ2n) is 6.50. The summed E-state index contributed by atoms with van der Waals surface area (Å²) in [6, 6.07) is 7.80. The number of carbonyl (C=O) groups is 1. The molecule has 1 aromatic rings. The molecule has 1 aliphatic heterocycles. The van der Waals surface area contributed by atoms with Crippen LogP contribution in [0.5, 0.6) is 5.75 Å². The Labute approximate surface area is 130 Å². The Bertz CT molecular complexity index is 554. The summed E-state index contributed by atoms with van der Waals surface area (Å²) in [5, 5.41) is 3.03. The number of benzene rings is 1. The van der Waals surface area contributed by atoms with Gasteiger partial charge >= 0.3 is 0 Å². The molecule has 120 valence electrons. The van der Waals surface area contributed by atoms with Gasteiger partial charge in [-0.2, -0.15) is 11.1 Å². The molecule has 0 aromatic heterocycles. The van der Waals surface area contributed by atoms with Crippen LogP contribution in [0.4, 0.5) is 0 Å². The monoisotopic (exact) mass is 305 g/mol. The fraction of sp³-hybridized carbons (Fsp3) is 0.533. The van der Waals surface area contributed by atoms with E-state index in [1.165, 1.54) is 0 Å². The van der Waals surface area contributed by atoms with Crippen molar-refractivity contribution in [1.82, 2.24) is 27.2 Å². The largest absolute Gasteiger partial charge is 0.497 e. The maximum absolute atomic E-state index is 12.8. The summed E-state index contributed by atoms with van der Waals surface area (Å²) in [6.45, 7) is 4.75. The number of rotatable bonds is 5. The number of carbonyl (C=O) groups excluding carboxylic acids is 1. The molecule has 0 radical (unpaired) electrons. The molecule has 1 aromatic carbocycles. The van der Waals surface area contributed by atoms with Crippen LogP contribution in [0.2, 0.25) is 0 Å². The highest BCUT2D eigenvalue weighted by Crippen LogP contribution is 2.64. The first-order valence-corrected chi connectivity index (χ1v) is 7.43. The third kappa shape index (κ3) is 2.46. The SMILES string of the molecule is COc1ccc(C2(C(=O)NCC3NNNN3)CC2(C)C)cc1. The third-order valence-electron chi connectivity index (χ3n) is 4.73. The van der Waals surface area contributed by atoms with E-state index in [2.05, 4.69) is 41.1 Å². The molecule has 22 heavy (non-hydrogen) atoms. The van der Waals surface area contributed by atoms with Crippen LogP contribution in [0.3, 0.4) is 0 Å². The Morgan fingerprint density at radius 3 is 2.36 bits per heavy atom. The van der Waals surface area contributed by atoms with Crippen LogP contribution in [0, 0.1) is 5.41 Å². The Morgan fingerprint density at radius 1 is 1.27 bits per heavy atom. The molecular formula is C15H23N5O2.